The van der Waals surface area contributed by atoms with E-state index in [1.165, 1.54) is 0 Å². The van der Waals surface area contributed by atoms with Gasteiger partial charge in [0.05, 0.1) is 0 Å². The van der Waals surface area contributed by atoms with Gasteiger partial charge in [0.15, 0.2) is 0 Å². The summed E-state index contributed by atoms with van der Waals surface area (Å²) in [6, 6.07) is 0.584. The van der Waals surface area contributed by atoms with Crippen LogP contribution < -0.4 is 0 Å². The van der Waals surface area contributed by atoms with Crippen LogP contribution in [0.1, 0.15) is 41.5 Å². The molecule has 0 unspecified atom stereocenters. The lowest BCUT2D eigenvalue weighted by atomic mass is 10.1. The fourth-order valence-electron chi connectivity index (χ4n) is 1.54. The lowest BCUT2D eigenvalue weighted by Crippen LogP contribution is -2.46. The molecule has 0 saturated carbocycles. The summed E-state index contributed by atoms with van der Waals surface area (Å²) in [6.07, 6.45) is 0. The van der Waals surface area contributed by atoms with Crippen LogP contribution in [0.15, 0.2) is 0 Å². The van der Waals surface area contributed by atoms with Crippen LogP contribution >= 0.6 is 22.6 Å². The summed E-state index contributed by atoms with van der Waals surface area (Å²) in [5.74, 6) is 0.386. The fourth-order valence-corrected chi connectivity index (χ4v) is 1.84. The minimum atomic E-state index is 0.111. The molecule has 84 valence electrons. The van der Waals surface area contributed by atoms with Crippen molar-refractivity contribution in [3.63, 3.8) is 0 Å². The Morgan fingerprint density at radius 3 is 1.57 bits per heavy atom. The van der Waals surface area contributed by atoms with Gasteiger partial charge in [0, 0.05) is 21.9 Å². The molecule has 0 spiro atoms. The van der Waals surface area contributed by atoms with Gasteiger partial charge in [0.2, 0.25) is 5.91 Å². The second-order valence-electron chi connectivity index (χ2n) is 4.40. The van der Waals surface area contributed by atoms with Gasteiger partial charge in [-0.25, -0.2) is 0 Å². The van der Waals surface area contributed by atoms with Gasteiger partial charge in [-0.1, -0.05) is 36.4 Å². The first-order valence-corrected chi connectivity index (χ1v) is 6.49. The molecule has 0 aliphatic rings. The Bertz CT molecular complexity index is 182. The van der Waals surface area contributed by atoms with Gasteiger partial charge in [0.1, 0.15) is 0 Å². The zero-order valence-electron chi connectivity index (χ0n) is 10.0. The molecule has 0 aliphatic carbocycles. The number of carbonyl (C=O) groups excluding carboxylic acids is 1. The van der Waals surface area contributed by atoms with Crippen LogP contribution in [-0.2, 0) is 4.79 Å². The number of nitrogens with zero attached hydrogens (tertiary/aromatic N) is 1. The molecular formula is C11H22INO. The predicted molar refractivity (Wildman–Crippen MR) is 69.8 cm³/mol. The predicted octanol–water partition coefficient (Wildman–Crippen LogP) is 3.09. The normalized spacial score (nSPS) is 15.8. The maximum Gasteiger partial charge on any atom is 0.226 e. The molecule has 0 aromatic heterocycles. The maximum atomic E-state index is 12.1. The van der Waals surface area contributed by atoms with Gasteiger partial charge in [-0.2, -0.15) is 0 Å². The average molecular weight is 311 g/mol. The molecule has 0 aromatic rings. The minimum absolute atomic E-state index is 0.111. The molecule has 0 aromatic carbocycles. The van der Waals surface area contributed by atoms with Crippen molar-refractivity contribution in [1.82, 2.24) is 4.90 Å². The van der Waals surface area contributed by atoms with Crippen molar-refractivity contribution in [2.75, 3.05) is 0 Å². The molecule has 0 bridgehead atoms. The van der Waals surface area contributed by atoms with Gasteiger partial charge < -0.3 is 4.90 Å². The Labute approximate surface area is 102 Å². The molecule has 0 rings (SSSR count). The van der Waals surface area contributed by atoms with E-state index in [1.54, 1.807) is 0 Å². The third-order valence-electron chi connectivity index (χ3n) is 2.45. The van der Waals surface area contributed by atoms with E-state index in [1.807, 2.05) is 11.8 Å². The van der Waals surface area contributed by atoms with Crippen molar-refractivity contribution in [3.8, 4) is 0 Å². The lowest BCUT2D eigenvalue weighted by Gasteiger charge is -2.33. The summed E-state index contributed by atoms with van der Waals surface area (Å²) in [7, 11) is 0. The van der Waals surface area contributed by atoms with Crippen molar-refractivity contribution < 1.29 is 4.79 Å². The number of amides is 1. The quantitative estimate of drug-likeness (QED) is 0.577. The molecule has 0 saturated heterocycles. The van der Waals surface area contributed by atoms with Crippen molar-refractivity contribution in [2.24, 2.45) is 5.92 Å². The Morgan fingerprint density at radius 2 is 1.36 bits per heavy atom. The number of halogens is 1. The van der Waals surface area contributed by atoms with E-state index in [-0.39, 0.29) is 11.8 Å². The van der Waals surface area contributed by atoms with Gasteiger partial charge in [0.25, 0.3) is 0 Å². The molecule has 0 fully saturated rings. The molecular weight excluding hydrogens is 289 g/mol. The summed E-state index contributed by atoms with van der Waals surface area (Å²) in [5, 5.41) is 0. The van der Waals surface area contributed by atoms with E-state index >= 15 is 0 Å². The molecule has 2 nitrogen and oxygen atoms in total. The second-order valence-corrected chi connectivity index (χ2v) is 6.36. The topological polar surface area (TPSA) is 20.3 Å². The van der Waals surface area contributed by atoms with Crippen LogP contribution in [0.3, 0.4) is 0 Å². The highest BCUT2D eigenvalue weighted by molar-refractivity contribution is 14.1. The highest BCUT2D eigenvalue weighted by Gasteiger charge is 2.27. The summed E-state index contributed by atoms with van der Waals surface area (Å²) >= 11 is 2.32. The van der Waals surface area contributed by atoms with E-state index in [0.29, 0.717) is 16.0 Å². The van der Waals surface area contributed by atoms with Crippen LogP contribution in [0.2, 0.25) is 0 Å². The zero-order valence-corrected chi connectivity index (χ0v) is 12.2. The lowest BCUT2D eigenvalue weighted by molar-refractivity contribution is -0.138. The molecule has 14 heavy (non-hydrogen) atoms. The zero-order chi connectivity index (χ0) is 11.5. The van der Waals surface area contributed by atoms with Crippen LogP contribution in [-0.4, -0.2) is 26.8 Å². The third-order valence-corrected chi connectivity index (χ3v) is 3.52. The van der Waals surface area contributed by atoms with E-state index < -0.39 is 0 Å². The molecule has 0 aliphatic heterocycles. The summed E-state index contributed by atoms with van der Waals surface area (Å²) in [6.45, 7) is 12.4. The molecule has 3 heteroatoms. The van der Waals surface area contributed by atoms with Gasteiger partial charge in [-0.3, -0.25) is 4.79 Å². The SMILES string of the molecule is CC(C)N(C(=O)[C@H](C)[C@@H](C)I)C(C)C. The van der Waals surface area contributed by atoms with Gasteiger partial charge in [-0.05, 0) is 27.7 Å². The standard InChI is InChI=1S/C11H22INO/c1-7(2)13(8(3)4)11(14)9(5)10(6)12/h7-10H,1-6H3/t9-,10-/m1/s1. The van der Waals surface area contributed by atoms with Crippen molar-refractivity contribution >= 4 is 28.5 Å². The van der Waals surface area contributed by atoms with Crippen LogP contribution in [0.5, 0.6) is 0 Å². The van der Waals surface area contributed by atoms with Crippen molar-refractivity contribution in [3.05, 3.63) is 0 Å². The smallest absolute Gasteiger partial charge is 0.226 e. The molecule has 2 atom stereocenters. The van der Waals surface area contributed by atoms with Gasteiger partial charge >= 0.3 is 0 Å². The van der Waals surface area contributed by atoms with E-state index in [2.05, 4.69) is 57.2 Å². The summed E-state index contributed by atoms with van der Waals surface area (Å²) < 4.78 is 0.389. The largest absolute Gasteiger partial charge is 0.338 e. The number of hydrogen-bond acceptors (Lipinski definition) is 1. The fraction of sp³-hybridized carbons (Fsp3) is 0.909. The van der Waals surface area contributed by atoms with Crippen LogP contribution in [0.25, 0.3) is 0 Å². The number of alkyl halides is 1. The number of rotatable bonds is 4. The van der Waals surface area contributed by atoms with Crippen LogP contribution in [0.4, 0.5) is 0 Å². The van der Waals surface area contributed by atoms with E-state index in [4.69, 9.17) is 0 Å². The Morgan fingerprint density at radius 1 is 1.00 bits per heavy atom. The highest BCUT2D eigenvalue weighted by Crippen LogP contribution is 2.18. The summed E-state index contributed by atoms with van der Waals surface area (Å²) in [5.41, 5.74) is 0. The molecule has 0 N–H and O–H groups in total. The minimum Gasteiger partial charge on any atom is -0.338 e. The third kappa shape index (κ3) is 3.75. The van der Waals surface area contributed by atoms with Crippen molar-refractivity contribution in [1.29, 1.82) is 0 Å². The van der Waals surface area contributed by atoms with Gasteiger partial charge in [-0.15, -0.1) is 0 Å². The molecule has 1 amide bonds. The maximum absolute atomic E-state index is 12.1. The molecule has 0 heterocycles. The van der Waals surface area contributed by atoms with E-state index in [9.17, 15) is 4.79 Å². The number of carbonyl (C=O) groups is 1. The Hall–Kier alpha value is 0.200. The first kappa shape index (κ1) is 14.2. The van der Waals surface area contributed by atoms with Crippen LogP contribution in [0, 0.1) is 5.92 Å². The number of hydrogen-bond donors (Lipinski definition) is 0. The highest BCUT2D eigenvalue weighted by atomic mass is 127. The second kappa shape index (κ2) is 5.93. The average Bonchev–Trinajstić information content (AvgIpc) is 2.01. The van der Waals surface area contributed by atoms with Crippen molar-refractivity contribution in [2.45, 2.75) is 57.6 Å². The van der Waals surface area contributed by atoms with E-state index in [0.717, 1.165) is 0 Å². The monoisotopic (exact) mass is 311 g/mol. The first-order valence-electron chi connectivity index (χ1n) is 5.25. The summed E-state index contributed by atoms with van der Waals surface area (Å²) in [4.78, 5) is 14.1. The Balaban J connectivity index is 4.60. The Kier molecular flexibility index (Phi) is 6.02. The first-order chi connectivity index (χ1) is 6.29. The molecule has 0 radical (unpaired) electrons.